The summed E-state index contributed by atoms with van der Waals surface area (Å²) < 4.78 is 5.20. The lowest BCUT2D eigenvalue weighted by atomic mass is 9.95. The number of benzene rings is 2. The lowest BCUT2D eigenvalue weighted by molar-refractivity contribution is -0.123. The molecule has 0 spiro atoms. The van der Waals surface area contributed by atoms with Crippen LogP contribution in [0.4, 0.5) is 11.4 Å². The van der Waals surface area contributed by atoms with Crippen LogP contribution in [0.1, 0.15) is 31.1 Å². The maximum Gasteiger partial charge on any atom is 0.259 e. The third-order valence-corrected chi connectivity index (χ3v) is 3.41. The smallest absolute Gasteiger partial charge is 0.259 e. The van der Waals surface area contributed by atoms with Gasteiger partial charge < -0.3 is 15.4 Å². The van der Waals surface area contributed by atoms with E-state index in [1.807, 2.05) is 20.8 Å². The lowest BCUT2D eigenvalue weighted by Crippen LogP contribution is -2.27. The van der Waals surface area contributed by atoms with E-state index in [4.69, 9.17) is 4.74 Å². The summed E-state index contributed by atoms with van der Waals surface area (Å²) in [6.07, 6.45) is 0. The Bertz CT molecular complexity index is 748. The highest BCUT2D eigenvalue weighted by Crippen LogP contribution is 2.22. The van der Waals surface area contributed by atoms with Crippen LogP contribution in [0.25, 0.3) is 0 Å². The molecule has 0 aliphatic rings. The number of methoxy groups -OCH3 is 1. The zero-order valence-corrected chi connectivity index (χ0v) is 14.3. The number of carbonyl (C=O) groups excluding carboxylic acids is 2. The molecule has 0 aliphatic carbocycles. The molecule has 0 heterocycles. The summed E-state index contributed by atoms with van der Waals surface area (Å²) in [5.41, 5.74) is 1.19. The van der Waals surface area contributed by atoms with Crippen LogP contribution in [0, 0.1) is 5.41 Å². The summed E-state index contributed by atoms with van der Waals surface area (Å²) in [5, 5.41) is 5.66. The predicted octanol–water partition coefficient (Wildman–Crippen LogP) is 3.93. The van der Waals surface area contributed by atoms with E-state index in [1.165, 1.54) is 7.11 Å². The average molecular weight is 326 g/mol. The molecule has 0 saturated carbocycles. The average Bonchev–Trinajstić information content (AvgIpc) is 2.54. The molecule has 2 aromatic carbocycles. The Kier molecular flexibility index (Phi) is 5.24. The van der Waals surface area contributed by atoms with Gasteiger partial charge in [0, 0.05) is 16.8 Å². The van der Waals surface area contributed by atoms with Crippen molar-refractivity contribution in [2.24, 2.45) is 5.41 Å². The number of carbonyl (C=O) groups is 2. The first-order valence-corrected chi connectivity index (χ1v) is 7.67. The van der Waals surface area contributed by atoms with Gasteiger partial charge in [-0.15, -0.1) is 0 Å². The molecule has 2 rings (SSSR count). The highest BCUT2D eigenvalue weighted by Gasteiger charge is 2.21. The van der Waals surface area contributed by atoms with Crippen molar-refractivity contribution in [2.75, 3.05) is 17.7 Å². The van der Waals surface area contributed by atoms with Gasteiger partial charge in [0.2, 0.25) is 5.91 Å². The lowest BCUT2D eigenvalue weighted by Gasteiger charge is -2.18. The molecule has 0 bridgehead atoms. The van der Waals surface area contributed by atoms with E-state index in [2.05, 4.69) is 10.6 Å². The van der Waals surface area contributed by atoms with Crippen LogP contribution in [0.5, 0.6) is 5.75 Å². The van der Waals surface area contributed by atoms with Crippen LogP contribution in [0.15, 0.2) is 48.5 Å². The molecule has 126 valence electrons. The molecule has 0 saturated heterocycles. The fraction of sp³-hybridized carbons (Fsp3) is 0.263. The van der Waals surface area contributed by atoms with Gasteiger partial charge in [0.1, 0.15) is 5.75 Å². The second-order valence-corrected chi connectivity index (χ2v) is 6.44. The number of amides is 2. The highest BCUT2D eigenvalue weighted by atomic mass is 16.5. The van der Waals surface area contributed by atoms with Crippen LogP contribution in [-0.2, 0) is 4.79 Å². The van der Waals surface area contributed by atoms with Crippen molar-refractivity contribution in [1.29, 1.82) is 0 Å². The molecule has 2 amide bonds. The van der Waals surface area contributed by atoms with Gasteiger partial charge in [-0.1, -0.05) is 39.0 Å². The first-order valence-electron chi connectivity index (χ1n) is 7.67. The Morgan fingerprint density at radius 1 is 0.917 bits per heavy atom. The quantitative estimate of drug-likeness (QED) is 0.894. The molecule has 5 heteroatoms. The van der Waals surface area contributed by atoms with Crippen LogP contribution in [0.2, 0.25) is 0 Å². The van der Waals surface area contributed by atoms with Crippen LogP contribution in [-0.4, -0.2) is 18.9 Å². The van der Waals surface area contributed by atoms with Crippen molar-refractivity contribution in [3.8, 4) is 5.75 Å². The first-order chi connectivity index (χ1) is 11.3. The maximum atomic E-state index is 12.4. The second-order valence-electron chi connectivity index (χ2n) is 6.44. The monoisotopic (exact) mass is 326 g/mol. The third-order valence-electron chi connectivity index (χ3n) is 3.41. The Balaban J connectivity index is 2.15. The molecular weight excluding hydrogens is 304 g/mol. The van der Waals surface area contributed by atoms with E-state index >= 15 is 0 Å². The summed E-state index contributed by atoms with van der Waals surface area (Å²) in [7, 11) is 1.52. The van der Waals surface area contributed by atoms with E-state index in [0.29, 0.717) is 22.7 Å². The van der Waals surface area contributed by atoms with Crippen molar-refractivity contribution >= 4 is 23.2 Å². The Hall–Kier alpha value is -2.82. The fourth-order valence-electron chi connectivity index (χ4n) is 2.02. The van der Waals surface area contributed by atoms with Gasteiger partial charge in [-0.05, 0) is 30.3 Å². The van der Waals surface area contributed by atoms with Gasteiger partial charge in [-0.25, -0.2) is 0 Å². The minimum absolute atomic E-state index is 0.0873. The van der Waals surface area contributed by atoms with Crippen LogP contribution < -0.4 is 15.4 Å². The SMILES string of the molecule is COc1ccccc1C(=O)Nc1cccc(NC(=O)C(C)(C)C)c1. The summed E-state index contributed by atoms with van der Waals surface area (Å²) in [5.74, 6) is 0.148. The van der Waals surface area contributed by atoms with E-state index < -0.39 is 5.41 Å². The third kappa shape index (κ3) is 4.35. The van der Waals surface area contributed by atoms with E-state index in [1.54, 1.807) is 48.5 Å². The number of nitrogens with one attached hydrogen (secondary N) is 2. The zero-order valence-electron chi connectivity index (χ0n) is 14.3. The molecule has 0 unspecified atom stereocenters. The number of hydrogen-bond acceptors (Lipinski definition) is 3. The topological polar surface area (TPSA) is 67.4 Å². The molecule has 2 aromatic rings. The van der Waals surface area contributed by atoms with Gasteiger partial charge >= 0.3 is 0 Å². The Morgan fingerprint density at radius 3 is 2.17 bits per heavy atom. The second kappa shape index (κ2) is 7.17. The number of ether oxygens (including phenoxy) is 1. The minimum atomic E-state index is -0.489. The number of anilines is 2. The molecule has 24 heavy (non-hydrogen) atoms. The molecule has 0 aromatic heterocycles. The van der Waals surface area contributed by atoms with Gasteiger partial charge in [-0.2, -0.15) is 0 Å². The van der Waals surface area contributed by atoms with Crippen molar-refractivity contribution < 1.29 is 14.3 Å². The normalized spacial score (nSPS) is 10.8. The molecule has 0 radical (unpaired) electrons. The first kappa shape index (κ1) is 17.5. The van der Waals surface area contributed by atoms with E-state index in [0.717, 1.165) is 0 Å². The van der Waals surface area contributed by atoms with Crippen LogP contribution >= 0.6 is 0 Å². The van der Waals surface area contributed by atoms with E-state index in [-0.39, 0.29) is 11.8 Å². The van der Waals surface area contributed by atoms with E-state index in [9.17, 15) is 9.59 Å². The number of rotatable bonds is 4. The van der Waals surface area contributed by atoms with Crippen molar-refractivity contribution in [1.82, 2.24) is 0 Å². The molecule has 2 N–H and O–H groups in total. The molecule has 0 aliphatic heterocycles. The molecule has 0 atom stereocenters. The van der Waals surface area contributed by atoms with Crippen molar-refractivity contribution in [3.05, 3.63) is 54.1 Å². The summed E-state index contributed by atoms with van der Waals surface area (Å²) in [4.78, 5) is 24.5. The summed E-state index contributed by atoms with van der Waals surface area (Å²) in [6, 6.07) is 14.0. The fourth-order valence-corrected chi connectivity index (χ4v) is 2.02. The maximum absolute atomic E-state index is 12.4. The van der Waals surface area contributed by atoms with Gasteiger partial charge in [-0.3, -0.25) is 9.59 Å². The molecule has 0 fully saturated rings. The van der Waals surface area contributed by atoms with Gasteiger partial charge in [0.05, 0.1) is 12.7 Å². The van der Waals surface area contributed by atoms with Crippen LogP contribution in [0.3, 0.4) is 0 Å². The summed E-state index contributed by atoms with van der Waals surface area (Å²) >= 11 is 0. The standard InChI is InChI=1S/C19H22N2O3/c1-19(2,3)18(23)21-14-9-7-8-13(12-14)20-17(22)15-10-5-6-11-16(15)24-4/h5-12H,1-4H3,(H,20,22)(H,21,23). The minimum Gasteiger partial charge on any atom is -0.496 e. The number of hydrogen-bond donors (Lipinski definition) is 2. The van der Waals surface area contributed by atoms with Gasteiger partial charge in [0.15, 0.2) is 0 Å². The van der Waals surface area contributed by atoms with Gasteiger partial charge in [0.25, 0.3) is 5.91 Å². The highest BCUT2D eigenvalue weighted by molar-refractivity contribution is 6.06. The molecule has 5 nitrogen and oxygen atoms in total. The van der Waals surface area contributed by atoms with Crippen molar-refractivity contribution in [3.63, 3.8) is 0 Å². The Labute approximate surface area is 142 Å². The predicted molar refractivity (Wildman–Crippen MR) is 95.5 cm³/mol. The zero-order chi connectivity index (χ0) is 17.7. The Morgan fingerprint density at radius 2 is 1.54 bits per heavy atom. The number of para-hydroxylation sites is 1. The summed E-state index contributed by atoms with van der Waals surface area (Å²) in [6.45, 7) is 5.53. The largest absolute Gasteiger partial charge is 0.496 e. The van der Waals surface area contributed by atoms with Crippen molar-refractivity contribution in [2.45, 2.75) is 20.8 Å². The molecular formula is C19H22N2O3.